The lowest BCUT2D eigenvalue weighted by atomic mass is 10.2. The molecule has 0 radical (unpaired) electrons. The second-order valence-electron chi connectivity index (χ2n) is 4.59. The van der Waals surface area contributed by atoms with Gasteiger partial charge in [-0.05, 0) is 24.1 Å². The van der Waals surface area contributed by atoms with Crippen LogP contribution < -0.4 is 5.32 Å². The van der Waals surface area contributed by atoms with Crippen molar-refractivity contribution in [1.29, 1.82) is 0 Å². The molecule has 0 saturated carbocycles. The third-order valence-electron chi connectivity index (χ3n) is 2.22. The number of anilines is 1. The normalized spacial score (nSPS) is 12.8. The number of aliphatic hydroxyl groups excluding tert-OH is 1. The Morgan fingerprint density at radius 1 is 1.22 bits per heavy atom. The largest absolute Gasteiger partial charge is 0.389 e. The first-order valence-electron chi connectivity index (χ1n) is 5.93. The van der Waals surface area contributed by atoms with Crippen LogP contribution in [0.4, 0.5) is 5.69 Å². The van der Waals surface area contributed by atoms with Crippen molar-refractivity contribution in [2.45, 2.75) is 20.0 Å². The molecule has 5 heteroatoms. The van der Waals surface area contributed by atoms with Crippen LogP contribution in [-0.4, -0.2) is 31.0 Å². The fraction of sp³-hybridized carbons (Fsp3) is 0.538. The molecule has 1 atom stereocenters. The van der Waals surface area contributed by atoms with Crippen LogP contribution in [0.15, 0.2) is 18.2 Å². The maximum Gasteiger partial charge on any atom is 0.0945 e. The lowest BCUT2D eigenvalue weighted by Gasteiger charge is -2.14. The minimum Gasteiger partial charge on any atom is -0.389 e. The van der Waals surface area contributed by atoms with E-state index in [1.165, 1.54) is 0 Å². The van der Waals surface area contributed by atoms with Crippen LogP contribution in [0.2, 0.25) is 10.0 Å². The third kappa shape index (κ3) is 5.91. The van der Waals surface area contributed by atoms with Gasteiger partial charge in [-0.1, -0.05) is 37.0 Å². The Kier molecular flexibility index (Phi) is 6.79. The summed E-state index contributed by atoms with van der Waals surface area (Å²) in [5.74, 6) is 0.472. The van der Waals surface area contributed by atoms with Gasteiger partial charge in [0.15, 0.2) is 0 Å². The lowest BCUT2D eigenvalue weighted by molar-refractivity contribution is 0.0318. The summed E-state index contributed by atoms with van der Waals surface area (Å²) in [6.07, 6.45) is -0.543. The minimum atomic E-state index is -0.543. The van der Waals surface area contributed by atoms with E-state index >= 15 is 0 Å². The van der Waals surface area contributed by atoms with Crippen LogP contribution in [0.5, 0.6) is 0 Å². The smallest absolute Gasteiger partial charge is 0.0945 e. The van der Waals surface area contributed by atoms with E-state index in [4.69, 9.17) is 27.9 Å². The van der Waals surface area contributed by atoms with Crippen LogP contribution in [0.25, 0.3) is 0 Å². The number of hydrogen-bond acceptors (Lipinski definition) is 3. The molecule has 1 unspecified atom stereocenters. The van der Waals surface area contributed by atoms with Gasteiger partial charge in [0.05, 0.1) is 22.8 Å². The zero-order valence-electron chi connectivity index (χ0n) is 10.6. The second-order valence-corrected chi connectivity index (χ2v) is 5.41. The highest BCUT2D eigenvalue weighted by Gasteiger charge is 2.06. The molecule has 1 rings (SSSR count). The van der Waals surface area contributed by atoms with Gasteiger partial charge in [-0.2, -0.15) is 0 Å². The Labute approximate surface area is 118 Å². The Bertz CT molecular complexity index is 372. The summed E-state index contributed by atoms with van der Waals surface area (Å²) in [5.41, 5.74) is 0.826. The average Bonchev–Trinajstić information content (AvgIpc) is 2.30. The number of benzene rings is 1. The van der Waals surface area contributed by atoms with Crippen molar-refractivity contribution in [3.63, 3.8) is 0 Å². The summed E-state index contributed by atoms with van der Waals surface area (Å²) >= 11 is 11.7. The van der Waals surface area contributed by atoms with Crippen molar-refractivity contribution in [1.82, 2.24) is 0 Å². The van der Waals surface area contributed by atoms with Crippen molar-refractivity contribution in [3.8, 4) is 0 Å². The molecule has 0 saturated heterocycles. The molecule has 18 heavy (non-hydrogen) atoms. The van der Waals surface area contributed by atoms with Crippen LogP contribution >= 0.6 is 23.2 Å². The number of hydrogen-bond donors (Lipinski definition) is 2. The molecule has 0 heterocycles. The highest BCUT2D eigenvalue weighted by atomic mass is 35.5. The molecule has 0 aromatic heterocycles. The number of aliphatic hydroxyl groups is 1. The number of ether oxygens (including phenoxy) is 1. The molecule has 1 aromatic carbocycles. The molecular weight excluding hydrogens is 273 g/mol. The van der Waals surface area contributed by atoms with Gasteiger partial charge < -0.3 is 15.2 Å². The van der Waals surface area contributed by atoms with E-state index in [2.05, 4.69) is 19.2 Å². The molecule has 0 aliphatic carbocycles. The average molecular weight is 292 g/mol. The van der Waals surface area contributed by atoms with E-state index in [0.29, 0.717) is 35.7 Å². The summed E-state index contributed by atoms with van der Waals surface area (Å²) in [5, 5.41) is 13.8. The van der Waals surface area contributed by atoms with Gasteiger partial charge in [0.25, 0.3) is 0 Å². The molecule has 1 aromatic rings. The van der Waals surface area contributed by atoms with Gasteiger partial charge in [0, 0.05) is 18.8 Å². The molecule has 0 aliphatic heterocycles. The van der Waals surface area contributed by atoms with E-state index in [1.807, 2.05) is 6.07 Å². The number of nitrogens with one attached hydrogen (secondary N) is 1. The van der Waals surface area contributed by atoms with Gasteiger partial charge in [-0.3, -0.25) is 0 Å². The van der Waals surface area contributed by atoms with Gasteiger partial charge in [0.1, 0.15) is 0 Å². The number of rotatable bonds is 7. The van der Waals surface area contributed by atoms with Crippen molar-refractivity contribution < 1.29 is 9.84 Å². The highest BCUT2D eigenvalue weighted by molar-refractivity contribution is 6.42. The predicted octanol–water partition coefficient (Wildman–Crippen LogP) is 3.44. The molecule has 3 nitrogen and oxygen atoms in total. The summed E-state index contributed by atoms with van der Waals surface area (Å²) in [4.78, 5) is 0. The van der Waals surface area contributed by atoms with Gasteiger partial charge in [0.2, 0.25) is 0 Å². The minimum absolute atomic E-state index is 0.326. The lowest BCUT2D eigenvalue weighted by Crippen LogP contribution is -2.25. The predicted molar refractivity (Wildman–Crippen MR) is 76.6 cm³/mol. The number of halogens is 2. The molecule has 0 amide bonds. The third-order valence-corrected chi connectivity index (χ3v) is 2.96. The maximum atomic E-state index is 9.70. The van der Waals surface area contributed by atoms with Crippen LogP contribution in [0, 0.1) is 5.92 Å². The van der Waals surface area contributed by atoms with Gasteiger partial charge in [-0.15, -0.1) is 0 Å². The Balaban J connectivity index is 2.29. The SMILES string of the molecule is CC(C)COCC(O)CNc1ccc(Cl)c(Cl)c1. The summed E-state index contributed by atoms with van der Waals surface area (Å²) in [7, 11) is 0. The van der Waals surface area contributed by atoms with Crippen molar-refractivity contribution in [2.75, 3.05) is 25.1 Å². The van der Waals surface area contributed by atoms with Crippen molar-refractivity contribution >= 4 is 28.9 Å². The van der Waals surface area contributed by atoms with Gasteiger partial charge in [-0.25, -0.2) is 0 Å². The molecule has 0 spiro atoms. The maximum absolute atomic E-state index is 9.70. The first-order chi connectivity index (χ1) is 8.49. The topological polar surface area (TPSA) is 41.5 Å². The molecular formula is C13H19Cl2NO2. The monoisotopic (exact) mass is 291 g/mol. The van der Waals surface area contributed by atoms with Crippen LogP contribution in [0.1, 0.15) is 13.8 Å². The Morgan fingerprint density at radius 2 is 1.94 bits per heavy atom. The van der Waals surface area contributed by atoms with Crippen molar-refractivity contribution in [3.05, 3.63) is 28.2 Å². The van der Waals surface area contributed by atoms with E-state index in [9.17, 15) is 5.11 Å². The Morgan fingerprint density at radius 3 is 2.56 bits per heavy atom. The van der Waals surface area contributed by atoms with Crippen LogP contribution in [0.3, 0.4) is 0 Å². The zero-order valence-corrected chi connectivity index (χ0v) is 12.1. The first-order valence-corrected chi connectivity index (χ1v) is 6.69. The standard InChI is InChI=1S/C13H19Cl2NO2/c1-9(2)7-18-8-11(17)6-16-10-3-4-12(14)13(15)5-10/h3-5,9,11,16-17H,6-8H2,1-2H3. The molecule has 0 fully saturated rings. The molecule has 102 valence electrons. The molecule has 0 bridgehead atoms. The van der Waals surface area contributed by atoms with E-state index in [1.54, 1.807) is 12.1 Å². The van der Waals surface area contributed by atoms with E-state index in [0.717, 1.165) is 5.69 Å². The second kappa shape index (κ2) is 7.85. The quantitative estimate of drug-likeness (QED) is 0.809. The molecule has 2 N–H and O–H groups in total. The van der Waals surface area contributed by atoms with Gasteiger partial charge >= 0.3 is 0 Å². The van der Waals surface area contributed by atoms with Crippen LogP contribution in [-0.2, 0) is 4.74 Å². The zero-order chi connectivity index (χ0) is 13.5. The van der Waals surface area contributed by atoms with E-state index < -0.39 is 6.10 Å². The molecule has 0 aliphatic rings. The van der Waals surface area contributed by atoms with E-state index in [-0.39, 0.29) is 0 Å². The summed E-state index contributed by atoms with van der Waals surface area (Å²) in [6, 6.07) is 5.26. The fourth-order valence-corrected chi connectivity index (χ4v) is 1.64. The Hall–Kier alpha value is -0.480. The van der Waals surface area contributed by atoms with Crippen molar-refractivity contribution in [2.24, 2.45) is 5.92 Å². The summed E-state index contributed by atoms with van der Waals surface area (Å²) < 4.78 is 5.35. The fourth-order valence-electron chi connectivity index (χ4n) is 1.34. The highest BCUT2D eigenvalue weighted by Crippen LogP contribution is 2.24. The first kappa shape index (κ1) is 15.6. The summed E-state index contributed by atoms with van der Waals surface area (Å²) in [6.45, 7) is 5.53.